The van der Waals surface area contributed by atoms with Crippen LogP contribution in [0.1, 0.15) is 11.6 Å². The molecule has 3 N–H and O–H groups in total. The number of hydrogen-bond acceptors (Lipinski definition) is 3. The van der Waals surface area contributed by atoms with Crippen LogP contribution in [0.4, 0.5) is 4.39 Å². The summed E-state index contributed by atoms with van der Waals surface area (Å²) in [6, 6.07) is 12.1. The summed E-state index contributed by atoms with van der Waals surface area (Å²) in [6.45, 7) is 0.172. The van der Waals surface area contributed by atoms with E-state index in [4.69, 9.17) is 15.6 Å². The van der Waals surface area contributed by atoms with Gasteiger partial charge in [-0.05, 0) is 30.3 Å². The normalized spacial score (nSPS) is 12.1. The molecule has 0 amide bonds. The Morgan fingerprint density at radius 2 is 1.78 bits per heavy atom. The second-order valence-corrected chi connectivity index (χ2v) is 3.93. The highest BCUT2D eigenvalue weighted by Gasteiger charge is 2.11. The molecule has 2 aromatic rings. The molecule has 2 aromatic carbocycles. The third-order valence-electron chi connectivity index (χ3n) is 2.57. The number of nitrogens with two attached hydrogens (primary N) is 1. The zero-order valence-corrected chi connectivity index (χ0v) is 9.71. The Balaban J connectivity index is 1.98. The standard InChI is InChI=1S/C14H14FNO2/c15-13-4-2-1-3-12(13)14(16)9-18-11-7-5-10(17)6-8-11/h1-8,14,17H,9,16H2. The predicted molar refractivity (Wildman–Crippen MR) is 66.9 cm³/mol. The average Bonchev–Trinajstić information content (AvgIpc) is 2.38. The fourth-order valence-corrected chi connectivity index (χ4v) is 1.59. The lowest BCUT2D eigenvalue weighted by Crippen LogP contribution is -2.20. The van der Waals surface area contributed by atoms with Crippen LogP contribution in [0.25, 0.3) is 0 Å². The van der Waals surface area contributed by atoms with E-state index in [9.17, 15) is 4.39 Å². The first kappa shape index (κ1) is 12.4. The maximum Gasteiger partial charge on any atom is 0.128 e. The molecule has 0 spiro atoms. The van der Waals surface area contributed by atoms with Gasteiger partial charge in [0.25, 0.3) is 0 Å². The minimum absolute atomic E-state index is 0.167. The number of aromatic hydroxyl groups is 1. The van der Waals surface area contributed by atoms with Gasteiger partial charge in [-0.15, -0.1) is 0 Å². The molecule has 0 aliphatic rings. The Bertz CT molecular complexity index is 513. The number of phenols is 1. The van der Waals surface area contributed by atoms with Crippen molar-refractivity contribution >= 4 is 0 Å². The maximum absolute atomic E-state index is 13.5. The van der Waals surface area contributed by atoms with E-state index in [0.717, 1.165) is 0 Å². The molecule has 1 unspecified atom stereocenters. The van der Waals surface area contributed by atoms with Gasteiger partial charge in [-0.3, -0.25) is 0 Å². The largest absolute Gasteiger partial charge is 0.508 e. The Morgan fingerprint density at radius 3 is 2.44 bits per heavy atom. The molecule has 4 heteroatoms. The van der Waals surface area contributed by atoms with Crippen LogP contribution in [0.3, 0.4) is 0 Å². The minimum Gasteiger partial charge on any atom is -0.508 e. The van der Waals surface area contributed by atoms with Crippen LogP contribution >= 0.6 is 0 Å². The van der Waals surface area contributed by atoms with E-state index in [1.165, 1.54) is 18.2 Å². The van der Waals surface area contributed by atoms with Crippen molar-refractivity contribution in [2.24, 2.45) is 5.73 Å². The van der Waals surface area contributed by atoms with Crippen LogP contribution in [0, 0.1) is 5.82 Å². The van der Waals surface area contributed by atoms with E-state index in [-0.39, 0.29) is 18.2 Å². The van der Waals surface area contributed by atoms with Gasteiger partial charge in [0.05, 0.1) is 6.04 Å². The van der Waals surface area contributed by atoms with Crippen molar-refractivity contribution in [1.82, 2.24) is 0 Å². The monoisotopic (exact) mass is 247 g/mol. The molecular formula is C14H14FNO2. The van der Waals surface area contributed by atoms with E-state index < -0.39 is 6.04 Å². The first-order valence-corrected chi connectivity index (χ1v) is 5.58. The zero-order chi connectivity index (χ0) is 13.0. The van der Waals surface area contributed by atoms with Crippen LogP contribution in [0.15, 0.2) is 48.5 Å². The summed E-state index contributed by atoms with van der Waals surface area (Å²) in [5, 5.41) is 9.12. The molecular weight excluding hydrogens is 233 g/mol. The fourth-order valence-electron chi connectivity index (χ4n) is 1.59. The molecule has 0 radical (unpaired) electrons. The summed E-state index contributed by atoms with van der Waals surface area (Å²) in [4.78, 5) is 0. The van der Waals surface area contributed by atoms with Gasteiger partial charge in [0.15, 0.2) is 0 Å². The minimum atomic E-state index is -0.528. The first-order valence-electron chi connectivity index (χ1n) is 5.58. The lowest BCUT2D eigenvalue weighted by Gasteiger charge is -2.14. The van der Waals surface area contributed by atoms with Gasteiger partial charge in [-0.1, -0.05) is 18.2 Å². The van der Waals surface area contributed by atoms with Crippen LogP contribution in [-0.4, -0.2) is 11.7 Å². The summed E-state index contributed by atoms with van der Waals surface area (Å²) in [5.74, 6) is 0.416. The lowest BCUT2D eigenvalue weighted by molar-refractivity contribution is 0.287. The summed E-state index contributed by atoms with van der Waals surface area (Å²) in [5.41, 5.74) is 6.29. The summed E-state index contributed by atoms with van der Waals surface area (Å²) in [6.07, 6.45) is 0. The number of benzene rings is 2. The van der Waals surface area contributed by atoms with E-state index >= 15 is 0 Å². The Hall–Kier alpha value is -2.07. The molecule has 0 saturated heterocycles. The average molecular weight is 247 g/mol. The number of rotatable bonds is 4. The van der Waals surface area contributed by atoms with Crippen molar-refractivity contribution in [2.45, 2.75) is 6.04 Å². The summed E-state index contributed by atoms with van der Waals surface area (Å²) in [7, 11) is 0. The van der Waals surface area contributed by atoms with Crippen LogP contribution in [0.2, 0.25) is 0 Å². The molecule has 94 valence electrons. The van der Waals surface area contributed by atoms with Gasteiger partial charge in [0, 0.05) is 5.56 Å². The Morgan fingerprint density at radius 1 is 1.11 bits per heavy atom. The van der Waals surface area contributed by atoms with Crippen molar-refractivity contribution < 1.29 is 14.2 Å². The predicted octanol–water partition coefficient (Wildman–Crippen LogP) is 2.61. The quantitative estimate of drug-likeness (QED) is 0.873. The lowest BCUT2D eigenvalue weighted by atomic mass is 10.1. The van der Waals surface area contributed by atoms with Gasteiger partial charge in [-0.2, -0.15) is 0 Å². The first-order chi connectivity index (χ1) is 8.66. The molecule has 0 bridgehead atoms. The van der Waals surface area contributed by atoms with Gasteiger partial charge in [-0.25, -0.2) is 4.39 Å². The molecule has 1 atom stereocenters. The van der Waals surface area contributed by atoms with Gasteiger partial charge in [0.1, 0.15) is 23.9 Å². The van der Waals surface area contributed by atoms with E-state index in [1.54, 1.807) is 30.3 Å². The van der Waals surface area contributed by atoms with E-state index in [2.05, 4.69) is 0 Å². The Labute approximate surface area is 105 Å². The molecule has 0 aliphatic heterocycles. The zero-order valence-electron chi connectivity index (χ0n) is 9.71. The highest BCUT2D eigenvalue weighted by molar-refractivity contribution is 5.30. The van der Waals surface area contributed by atoms with E-state index in [1.807, 2.05) is 0 Å². The number of hydrogen-bond donors (Lipinski definition) is 2. The van der Waals surface area contributed by atoms with Crippen molar-refractivity contribution in [2.75, 3.05) is 6.61 Å². The SMILES string of the molecule is NC(COc1ccc(O)cc1)c1ccccc1F. The second-order valence-electron chi connectivity index (χ2n) is 3.93. The molecule has 2 rings (SSSR count). The van der Waals surface area contributed by atoms with Gasteiger partial charge < -0.3 is 15.6 Å². The van der Waals surface area contributed by atoms with Crippen molar-refractivity contribution in [3.05, 3.63) is 59.9 Å². The van der Waals surface area contributed by atoms with Crippen LogP contribution in [-0.2, 0) is 0 Å². The molecule has 18 heavy (non-hydrogen) atoms. The molecule has 3 nitrogen and oxygen atoms in total. The summed E-state index contributed by atoms with van der Waals surface area (Å²) >= 11 is 0. The van der Waals surface area contributed by atoms with Crippen molar-refractivity contribution in [3.63, 3.8) is 0 Å². The molecule has 0 aromatic heterocycles. The van der Waals surface area contributed by atoms with Crippen molar-refractivity contribution in [1.29, 1.82) is 0 Å². The molecule has 0 saturated carbocycles. The van der Waals surface area contributed by atoms with Crippen LogP contribution in [0.5, 0.6) is 11.5 Å². The van der Waals surface area contributed by atoms with Gasteiger partial charge in [0.2, 0.25) is 0 Å². The number of phenolic OH excluding ortho intramolecular Hbond substituents is 1. The van der Waals surface area contributed by atoms with Gasteiger partial charge >= 0.3 is 0 Å². The van der Waals surface area contributed by atoms with E-state index in [0.29, 0.717) is 11.3 Å². The topological polar surface area (TPSA) is 55.5 Å². The number of halogens is 1. The fraction of sp³-hybridized carbons (Fsp3) is 0.143. The summed E-state index contributed by atoms with van der Waals surface area (Å²) < 4.78 is 18.9. The second kappa shape index (κ2) is 5.51. The van der Waals surface area contributed by atoms with Crippen molar-refractivity contribution in [3.8, 4) is 11.5 Å². The molecule has 0 aliphatic carbocycles. The highest BCUT2D eigenvalue weighted by atomic mass is 19.1. The third kappa shape index (κ3) is 2.99. The molecule has 0 fully saturated rings. The third-order valence-corrected chi connectivity index (χ3v) is 2.57. The smallest absolute Gasteiger partial charge is 0.128 e. The number of ether oxygens (including phenoxy) is 1. The maximum atomic E-state index is 13.5. The molecule has 0 heterocycles. The van der Waals surface area contributed by atoms with Crippen LogP contribution < -0.4 is 10.5 Å². The Kier molecular flexibility index (Phi) is 3.79. The highest BCUT2D eigenvalue weighted by Crippen LogP contribution is 2.19.